The van der Waals surface area contributed by atoms with Crippen molar-refractivity contribution in [1.29, 1.82) is 0 Å². The van der Waals surface area contributed by atoms with E-state index < -0.39 is 0 Å². The van der Waals surface area contributed by atoms with E-state index >= 15 is 0 Å². The zero-order chi connectivity index (χ0) is 13.2. The quantitative estimate of drug-likeness (QED) is 0.856. The van der Waals surface area contributed by atoms with Gasteiger partial charge in [0.05, 0.1) is 0 Å². The largest absolute Gasteiger partial charge is 0.307 e. The molecule has 0 radical (unpaired) electrons. The molecule has 2 aliphatic carbocycles. The Labute approximate surface area is 129 Å². The van der Waals surface area contributed by atoms with Gasteiger partial charge in [0.15, 0.2) is 0 Å². The lowest BCUT2D eigenvalue weighted by atomic mass is 9.93. The molecule has 0 aliphatic heterocycles. The number of rotatable bonds is 3. The monoisotopic (exact) mass is 339 g/mol. The fourth-order valence-electron chi connectivity index (χ4n) is 3.55. The second-order valence-electron chi connectivity index (χ2n) is 5.82. The van der Waals surface area contributed by atoms with Crippen molar-refractivity contribution in [3.63, 3.8) is 0 Å². The zero-order valence-electron chi connectivity index (χ0n) is 11.5. The van der Waals surface area contributed by atoms with Crippen LogP contribution in [0.1, 0.15) is 49.3 Å². The van der Waals surface area contributed by atoms with Crippen molar-refractivity contribution >= 4 is 27.7 Å². The summed E-state index contributed by atoms with van der Waals surface area (Å²) >= 11 is 5.63. The molecule has 1 saturated carbocycles. The Kier molecular flexibility index (Phi) is 4.55. The van der Waals surface area contributed by atoms with E-state index in [4.69, 9.17) is 0 Å². The summed E-state index contributed by atoms with van der Waals surface area (Å²) in [5, 5.41) is 4.80. The summed E-state index contributed by atoms with van der Waals surface area (Å²) < 4.78 is 1.21. The highest BCUT2D eigenvalue weighted by Gasteiger charge is 2.27. The van der Waals surface area contributed by atoms with Crippen LogP contribution in [0.25, 0.3) is 0 Å². The molecule has 19 heavy (non-hydrogen) atoms. The van der Waals surface area contributed by atoms with Crippen molar-refractivity contribution in [1.82, 2.24) is 5.32 Å². The minimum Gasteiger partial charge on any atom is -0.307 e. The molecule has 3 heteroatoms. The fourth-order valence-corrected chi connectivity index (χ4v) is 4.79. The molecule has 0 spiro atoms. The molecule has 1 aromatic rings. The molecule has 0 heterocycles. The van der Waals surface area contributed by atoms with Gasteiger partial charge in [0, 0.05) is 21.8 Å². The summed E-state index contributed by atoms with van der Waals surface area (Å²) in [5.41, 5.74) is 3.07. The molecule has 0 amide bonds. The topological polar surface area (TPSA) is 12.0 Å². The maximum absolute atomic E-state index is 3.93. The van der Waals surface area contributed by atoms with E-state index in [1.807, 2.05) is 11.8 Å². The van der Waals surface area contributed by atoms with Gasteiger partial charge >= 0.3 is 0 Å². The molecule has 0 bridgehead atoms. The van der Waals surface area contributed by atoms with E-state index in [0.717, 1.165) is 11.3 Å². The predicted octanol–water partition coefficient (Wildman–Crippen LogP) is 4.70. The van der Waals surface area contributed by atoms with Crippen LogP contribution >= 0.6 is 27.7 Å². The Morgan fingerprint density at radius 1 is 1.26 bits per heavy atom. The number of hydrogen-bond donors (Lipinski definition) is 1. The van der Waals surface area contributed by atoms with Crippen LogP contribution in [0.5, 0.6) is 0 Å². The summed E-state index contributed by atoms with van der Waals surface area (Å²) in [5.74, 6) is 0. The molecule has 2 aliphatic rings. The minimum absolute atomic E-state index is 0.591. The van der Waals surface area contributed by atoms with Crippen LogP contribution in [-0.4, -0.2) is 17.5 Å². The molecule has 104 valence electrons. The van der Waals surface area contributed by atoms with Gasteiger partial charge in [-0.1, -0.05) is 28.4 Å². The Hall–Kier alpha value is 0.01000. The fraction of sp³-hybridized carbons (Fsp3) is 0.625. The smallest absolute Gasteiger partial charge is 0.0328 e. The molecule has 1 N–H and O–H groups in total. The summed E-state index contributed by atoms with van der Waals surface area (Å²) in [6.07, 6.45) is 10.3. The third-order valence-electron chi connectivity index (χ3n) is 4.58. The second-order valence-corrected chi connectivity index (χ2v) is 7.88. The van der Waals surface area contributed by atoms with Crippen LogP contribution < -0.4 is 5.32 Å². The van der Waals surface area contributed by atoms with E-state index in [1.54, 1.807) is 0 Å². The first-order chi connectivity index (χ1) is 9.26. The van der Waals surface area contributed by atoms with Crippen LogP contribution in [0.15, 0.2) is 22.7 Å². The predicted molar refractivity (Wildman–Crippen MR) is 87.9 cm³/mol. The van der Waals surface area contributed by atoms with Crippen molar-refractivity contribution in [2.24, 2.45) is 0 Å². The Balaban J connectivity index is 1.66. The first-order valence-electron chi connectivity index (χ1n) is 7.33. The standard InChI is InChI=1S/C16H22BrNS/c1-19-14-4-2-3-13(10-14)18-16-8-5-11-9-12(17)6-7-15(11)16/h6-7,9,13-14,16,18H,2-5,8,10H2,1H3. The first-order valence-corrected chi connectivity index (χ1v) is 9.41. The van der Waals surface area contributed by atoms with Crippen LogP contribution in [0.4, 0.5) is 0 Å². The lowest BCUT2D eigenvalue weighted by Crippen LogP contribution is -2.36. The SMILES string of the molecule is CSC1CCCC(NC2CCc3cc(Br)ccc32)C1. The second kappa shape index (κ2) is 6.19. The van der Waals surface area contributed by atoms with Gasteiger partial charge in [0.1, 0.15) is 0 Å². The summed E-state index contributed by atoms with van der Waals surface area (Å²) in [7, 11) is 0. The molecule has 3 unspecified atom stereocenters. The van der Waals surface area contributed by atoms with Gasteiger partial charge in [-0.05, 0) is 61.6 Å². The van der Waals surface area contributed by atoms with Crippen molar-refractivity contribution in [3.8, 4) is 0 Å². The average molecular weight is 340 g/mol. The average Bonchev–Trinajstić information content (AvgIpc) is 2.81. The Morgan fingerprint density at radius 3 is 3.00 bits per heavy atom. The van der Waals surface area contributed by atoms with Crippen molar-refractivity contribution in [3.05, 3.63) is 33.8 Å². The van der Waals surface area contributed by atoms with Crippen LogP contribution in [0.2, 0.25) is 0 Å². The normalized spacial score (nSPS) is 30.3. The number of aryl methyl sites for hydroxylation is 1. The van der Waals surface area contributed by atoms with Gasteiger partial charge in [-0.15, -0.1) is 0 Å². The molecule has 0 aromatic heterocycles. The van der Waals surface area contributed by atoms with Crippen molar-refractivity contribution in [2.75, 3.05) is 6.26 Å². The minimum atomic E-state index is 0.591. The lowest BCUT2D eigenvalue weighted by molar-refractivity contribution is 0.343. The first kappa shape index (κ1) is 14.0. The van der Waals surface area contributed by atoms with Gasteiger partial charge in [0.25, 0.3) is 0 Å². The Bertz CT molecular complexity index is 448. The highest BCUT2D eigenvalue weighted by Crippen LogP contribution is 2.35. The third kappa shape index (κ3) is 3.20. The number of thioether (sulfide) groups is 1. The van der Waals surface area contributed by atoms with Crippen molar-refractivity contribution in [2.45, 2.75) is 55.9 Å². The number of benzene rings is 1. The van der Waals surface area contributed by atoms with Gasteiger partial charge in [-0.25, -0.2) is 0 Å². The van der Waals surface area contributed by atoms with E-state index in [2.05, 4.69) is 45.7 Å². The van der Waals surface area contributed by atoms with Crippen molar-refractivity contribution < 1.29 is 0 Å². The molecule has 0 saturated heterocycles. The highest BCUT2D eigenvalue weighted by atomic mass is 79.9. The molecule has 1 nitrogen and oxygen atoms in total. The van der Waals surface area contributed by atoms with E-state index in [-0.39, 0.29) is 0 Å². The molecular formula is C16H22BrNS. The maximum atomic E-state index is 3.93. The molecule has 3 atom stereocenters. The number of fused-ring (bicyclic) bond motifs is 1. The van der Waals surface area contributed by atoms with Gasteiger partial charge in [-0.2, -0.15) is 11.8 Å². The van der Waals surface area contributed by atoms with Gasteiger partial charge in [0.2, 0.25) is 0 Å². The number of halogens is 1. The highest BCUT2D eigenvalue weighted by molar-refractivity contribution is 9.10. The number of hydrogen-bond acceptors (Lipinski definition) is 2. The third-order valence-corrected chi connectivity index (χ3v) is 6.17. The summed E-state index contributed by atoms with van der Waals surface area (Å²) in [4.78, 5) is 0. The number of nitrogens with one attached hydrogen (secondary N) is 1. The van der Waals surface area contributed by atoms with Gasteiger partial charge < -0.3 is 5.32 Å². The summed E-state index contributed by atoms with van der Waals surface area (Å²) in [6, 6.07) is 8.10. The van der Waals surface area contributed by atoms with Crippen LogP contribution in [-0.2, 0) is 6.42 Å². The maximum Gasteiger partial charge on any atom is 0.0328 e. The Morgan fingerprint density at radius 2 is 2.16 bits per heavy atom. The molecule has 1 fully saturated rings. The zero-order valence-corrected chi connectivity index (χ0v) is 13.9. The van der Waals surface area contributed by atoms with E-state index in [9.17, 15) is 0 Å². The molecular weight excluding hydrogens is 318 g/mol. The molecule has 3 rings (SSSR count). The van der Waals surface area contributed by atoms with Crippen LogP contribution in [0, 0.1) is 0 Å². The summed E-state index contributed by atoms with van der Waals surface area (Å²) in [6.45, 7) is 0. The van der Waals surface area contributed by atoms with E-state index in [1.165, 1.54) is 54.1 Å². The molecule has 1 aromatic carbocycles. The lowest BCUT2D eigenvalue weighted by Gasteiger charge is -2.31. The van der Waals surface area contributed by atoms with E-state index in [0.29, 0.717) is 6.04 Å². The van der Waals surface area contributed by atoms with Crippen LogP contribution in [0.3, 0.4) is 0 Å². The van der Waals surface area contributed by atoms with Gasteiger partial charge in [-0.3, -0.25) is 0 Å².